The number of hydrogen-bond donors (Lipinski definition) is 3. The Morgan fingerprint density at radius 3 is 2.50 bits per heavy atom. The molecule has 0 amide bonds. The number of hydrogen-bond acceptors (Lipinski definition) is 6. The summed E-state index contributed by atoms with van der Waals surface area (Å²) < 4.78 is 5.86. The highest BCUT2D eigenvalue weighted by molar-refractivity contribution is 5.90. The second-order valence-corrected chi connectivity index (χ2v) is 7.82. The average molecular weight is 337 g/mol. The van der Waals surface area contributed by atoms with E-state index in [2.05, 4.69) is 11.7 Å². The van der Waals surface area contributed by atoms with Crippen LogP contribution >= 0.6 is 0 Å². The minimum absolute atomic E-state index is 0.146. The molecule has 6 nitrogen and oxygen atoms in total. The lowest BCUT2D eigenvalue weighted by atomic mass is 9.70. The van der Waals surface area contributed by atoms with Gasteiger partial charge in [-0.1, -0.05) is 37.2 Å². The molecule has 1 aliphatic heterocycles. The second-order valence-electron chi connectivity index (χ2n) is 7.82. The SMILES string of the molecule is C=CC1O[C@](C)(/C=C/C2CC(C)(C)CC(=O)[C@@H]2O)C/C(=N\O)[C@@H]1O. The Balaban J connectivity index is 2.20. The summed E-state index contributed by atoms with van der Waals surface area (Å²) in [5.41, 5.74) is -0.750. The van der Waals surface area contributed by atoms with Crippen LogP contribution < -0.4 is 0 Å². The maximum Gasteiger partial charge on any atom is 0.162 e. The van der Waals surface area contributed by atoms with Gasteiger partial charge in [-0.15, -0.1) is 6.58 Å². The number of nitrogens with zero attached hydrogens (tertiary/aromatic N) is 1. The number of carbonyl (C=O) groups excluding carboxylic acids is 1. The number of oxime groups is 1. The first-order chi connectivity index (χ1) is 11.1. The fourth-order valence-electron chi connectivity index (χ4n) is 3.58. The van der Waals surface area contributed by atoms with Crippen molar-refractivity contribution in [2.75, 3.05) is 0 Å². The van der Waals surface area contributed by atoms with Crippen molar-refractivity contribution in [1.82, 2.24) is 0 Å². The molecule has 5 atom stereocenters. The molecule has 2 unspecified atom stereocenters. The summed E-state index contributed by atoms with van der Waals surface area (Å²) in [7, 11) is 0. The molecule has 134 valence electrons. The number of rotatable bonds is 3. The molecule has 0 aromatic heterocycles. The van der Waals surface area contributed by atoms with E-state index >= 15 is 0 Å². The predicted octanol–water partition coefficient (Wildman–Crippen LogP) is 1.83. The maximum absolute atomic E-state index is 12.0. The molecule has 0 aromatic rings. The van der Waals surface area contributed by atoms with Crippen molar-refractivity contribution in [1.29, 1.82) is 0 Å². The van der Waals surface area contributed by atoms with Crippen LogP contribution in [0.1, 0.15) is 40.0 Å². The Kier molecular flexibility index (Phi) is 5.32. The van der Waals surface area contributed by atoms with Gasteiger partial charge in [-0.2, -0.15) is 0 Å². The monoisotopic (exact) mass is 337 g/mol. The smallest absolute Gasteiger partial charge is 0.162 e. The van der Waals surface area contributed by atoms with Crippen molar-refractivity contribution in [3.05, 3.63) is 24.8 Å². The lowest BCUT2D eigenvalue weighted by molar-refractivity contribution is -0.135. The van der Waals surface area contributed by atoms with Crippen molar-refractivity contribution >= 4 is 11.5 Å². The summed E-state index contributed by atoms with van der Waals surface area (Å²) in [6.07, 6.45) is 3.60. The van der Waals surface area contributed by atoms with E-state index in [1.165, 1.54) is 6.08 Å². The van der Waals surface area contributed by atoms with Crippen molar-refractivity contribution in [3.63, 3.8) is 0 Å². The van der Waals surface area contributed by atoms with E-state index in [4.69, 9.17) is 9.94 Å². The number of aliphatic hydroxyl groups is 2. The van der Waals surface area contributed by atoms with Crippen molar-refractivity contribution in [2.45, 2.75) is 63.9 Å². The van der Waals surface area contributed by atoms with Gasteiger partial charge in [0.2, 0.25) is 0 Å². The summed E-state index contributed by atoms with van der Waals surface area (Å²) in [6, 6.07) is 0. The Morgan fingerprint density at radius 2 is 1.92 bits per heavy atom. The van der Waals surface area contributed by atoms with E-state index in [1.807, 2.05) is 13.8 Å². The van der Waals surface area contributed by atoms with Crippen LogP contribution in [0.4, 0.5) is 0 Å². The molecule has 1 saturated heterocycles. The van der Waals surface area contributed by atoms with Gasteiger partial charge in [0.05, 0.1) is 11.3 Å². The predicted molar refractivity (Wildman–Crippen MR) is 90.0 cm³/mol. The zero-order valence-corrected chi connectivity index (χ0v) is 14.5. The van der Waals surface area contributed by atoms with Crippen LogP contribution in [-0.2, 0) is 9.53 Å². The van der Waals surface area contributed by atoms with Crippen molar-refractivity contribution in [3.8, 4) is 0 Å². The Morgan fingerprint density at radius 1 is 1.25 bits per heavy atom. The molecule has 24 heavy (non-hydrogen) atoms. The molecule has 1 heterocycles. The molecule has 0 spiro atoms. The normalized spacial score (nSPS) is 41.7. The van der Waals surface area contributed by atoms with Gasteiger partial charge in [0.1, 0.15) is 18.3 Å². The molecular formula is C18H27NO5. The number of carbonyl (C=O) groups is 1. The standard InChI is InChI=1S/C18H27NO5/c1-5-14-16(22)12(19-23)9-18(4,24-14)7-6-11-8-17(2,3)10-13(20)15(11)21/h5-7,11,14-16,21-23H,1,8-10H2,2-4H3/b7-6+,19-12+/t11?,14?,15-,16+,18-/m1/s1. The van der Waals surface area contributed by atoms with Gasteiger partial charge in [0.15, 0.2) is 5.78 Å². The van der Waals surface area contributed by atoms with Crippen molar-refractivity contribution < 1.29 is 25.0 Å². The molecular weight excluding hydrogens is 310 g/mol. The highest BCUT2D eigenvalue weighted by atomic mass is 16.5. The summed E-state index contributed by atoms with van der Waals surface area (Å²) in [5, 5.41) is 32.5. The first-order valence-corrected chi connectivity index (χ1v) is 8.20. The molecule has 0 aromatic carbocycles. The Bertz CT molecular complexity index is 568. The average Bonchev–Trinajstić information content (AvgIpc) is 2.51. The van der Waals surface area contributed by atoms with Crippen LogP contribution in [0.15, 0.2) is 30.0 Å². The van der Waals surface area contributed by atoms with Gasteiger partial charge in [-0.3, -0.25) is 4.79 Å². The topological polar surface area (TPSA) is 99.4 Å². The number of ketones is 1. The van der Waals surface area contributed by atoms with E-state index in [0.29, 0.717) is 12.8 Å². The largest absolute Gasteiger partial charge is 0.411 e. The van der Waals surface area contributed by atoms with E-state index in [-0.39, 0.29) is 29.2 Å². The van der Waals surface area contributed by atoms with Crippen LogP contribution in [0.2, 0.25) is 0 Å². The van der Waals surface area contributed by atoms with Gasteiger partial charge >= 0.3 is 0 Å². The van der Waals surface area contributed by atoms with Crippen LogP contribution in [0, 0.1) is 11.3 Å². The minimum atomic E-state index is -1.03. The van der Waals surface area contributed by atoms with E-state index in [1.54, 1.807) is 19.1 Å². The fraction of sp³-hybridized carbons (Fsp3) is 0.667. The summed E-state index contributed by atoms with van der Waals surface area (Å²) in [4.78, 5) is 12.0. The van der Waals surface area contributed by atoms with E-state index in [0.717, 1.165) is 0 Å². The summed E-state index contributed by atoms with van der Waals surface area (Å²) in [5.74, 6) is -0.433. The number of aliphatic hydroxyl groups excluding tert-OH is 2. The molecule has 2 fully saturated rings. The third-order valence-corrected chi connectivity index (χ3v) is 4.82. The molecule has 6 heteroatoms. The quantitative estimate of drug-likeness (QED) is 0.414. The van der Waals surface area contributed by atoms with Gasteiger partial charge in [-0.25, -0.2) is 0 Å². The third-order valence-electron chi connectivity index (χ3n) is 4.82. The van der Waals surface area contributed by atoms with Crippen LogP contribution in [0.5, 0.6) is 0 Å². The number of Topliss-reactive ketones (excluding diaryl/α,β-unsaturated/α-hetero) is 1. The molecule has 2 rings (SSSR count). The molecule has 2 aliphatic rings. The third kappa shape index (κ3) is 3.94. The van der Waals surface area contributed by atoms with Crippen LogP contribution in [0.3, 0.4) is 0 Å². The fourth-order valence-corrected chi connectivity index (χ4v) is 3.58. The van der Waals surface area contributed by atoms with Gasteiger partial charge < -0.3 is 20.2 Å². The molecule has 1 saturated carbocycles. The van der Waals surface area contributed by atoms with E-state index < -0.39 is 23.9 Å². The molecule has 1 aliphatic carbocycles. The van der Waals surface area contributed by atoms with Gasteiger partial charge in [0.25, 0.3) is 0 Å². The zero-order chi connectivity index (χ0) is 18.1. The van der Waals surface area contributed by atoms with Gasteiger partial charge in [0, 0.05) is 18.8 Å². The lowest BCUT2D eigenvalue weighted by Crippen LogP contribution is -2.49. The van der Waals surface area contributed by atoms with Gasteiger partial charge in [-0.05, 0) is 18.8 Å². The highest BCUT2D eigenvalue weighted by Gasteiger charge is 2.42. The summed E-state index contributed by atoms with van der Waals surface area (Å²) >= 11 is 0. The minimum Gasteiger partial charge on any atom is -0.411 e. The second kappa shape index (κ2) is 6.78. The lowest BCUT2D eigenvalue weighted by Gasteiger charge is -2.40. The Hall–Kier alpha value is -1.50. The first-order valence-electron chi connectivity index (χ1n) is 8.20. The maximum atomic E-state index is 12.0. The van der Waals surface area contributed by atoms with Crippen LogP contribution in [-0.4, -0.2) is 50.8 Å². The van der Waals surface area contributed by atoms with Crippen molar-refractivity contribution in [2.24, 2.45) is 16.5 Å². The van der Waals surface area contributed by atoms with Crippen LogP contribution in [0.25, 0.3) is 0 Å². The zero-order valence-electron chi connectivity index (χ0n) is 14.5. The molecule has 0 radical (unpaired) electrons. The molecule has 3 N–H and O–H groups in total. The Labute approximate surface area is 142 Å². The first kappa shape index (κ1) is 18.8. The highest BCUT2D eigenvalue weighted by Crippen LogP contribution is 2.38. The van der Waals surface area contributed by atoms with E-state index in [9.17, 15) is 15.0 Å². The number of ether oxygens (including phenoxy) is 1. The molecule has 0 bridgehead atoms. The summed E-state index contributed by atoms with van der Waals surface area (Å²) in [6.45, 7) is 9.46.